The maximum Gasteiger partial charge on any atom is 0.209 e. The normalized spacial score (nSPS) is 11.5. The van der Waals surface area contributed by atoms with Crippen molar-refractivity contribution < 1.29 is 8.42 Å². The third-order valence-electron chi connectivity index (χ3n) is 1.73. The Kier molecular flexibility index (Phi) is 4.60. The molecule has 0 saturated carbocycles. The number of sulfonamides is 1. The highest BCUT2D eigenvalue weighted by Crippen LogP contribution is 1.91. The van der Waals surface area contributed by atoms with Crippen LogP contribution in [0.4, 0.5) is 0 Å². The van der Waals surface area contributed by atoms with Crippen molar-refractivity contribution in [2.24, 2.45) is 5.14 Å². The van der Waals surface area contributed by atoms with Crippen molar-refractivity contribution in [2.45, 2.75) is 13.0 Å². The number of hydrogen-bond acceptors (Lipinski definition) is 5. The van der Waals surface area contributed by atoms with Crippen molar-refractivity contribution in [3.05, 3.63) is 24.3 Å². The van der Waals surface area contributed by atoms with Crippen LogP contribution in [0.3, 0.4) is 0 Å². The topological polar surface area (TPSA) is 98.0 Å². The summed E-state index contributed by atoms with van der Waals surface area (Å²) < 4.78 is 21.2. The van der Waals surface area contributed by atoms with Gasteiger partial charge in [0.2, 0.25) is 10.0 Å². The average Bonchev–Trinajstić information content (AvgIpc) is 2.17. The predicted molar refractivity (Wildman–Crippen MR) is 56.3 cm³/mol. The average molecular weight is 230 g/mol. The van der Waals surface area contributed by atoms with Crippen LogP contribution in [0.1, 0.15) is 12.0 Å². The number of nitrogens with one attached hydrogen (secondary N) is 1. The van der Waals surface area contributed by atoms with E-state index < -0.39 is 10.0 Å². The third-order valence-corrected chi connectivity index (χ3v) is 2.58. The zero-order chi connectivity index (χ0) is 11.1. The molecule has 0 unspecified atom stereocenters. The Bertz CT molecular complexity index is 379. The lowest BCUT2D eigenvalue weighted by atomic mass is 10.3. The molecule has 1 rings (SSSR count). The van der Waals surface area contributed by atoms with Crippen molar-refractivity contribution in [1.82, 2.24) is 15.3 Å². The van der Waals surface area contributed by atoms with Crippen LogP contribution in [-0.4, -0.2) is 30.7 Å². The maximum absolute atomic E-state index is 10.6. The molecular formula is C8H14N4O2S. The smallest absolute Gasteiger partial charge is 0.209 e. The highest BCUT2D eigenvalue weighted by atomic mass is 32.2. The molecule has 0 amide bonds. The minimum atomic E-state index is -3.33. The molecule has 1 heterocycles. The molecule has 6 nitrogen and oxygen atoms in total. The van der Waals surface area contributed by atoms with Gasteiger partial charge in [-0.05, 0) is 13.0 Å². The van der Waals surface area contributed by atoms with Crippen LogP contribution < -0.4 is 10.5 Å². The van der Waals surface area contributed by atoms with Gasteiger partial charge in [-0.15, -0.1) is 0 Å². The van der Waals surface area contributed by atoms with E-state index in [4.69, 9.17) is 5.14 Å². The van der Waals surface area contributed by atoms with Crippen molar-refractivity contribution in [3.63, 3.8) is 0 Å². The summed E-state index contributed by atoms with van der Waals surface area (Å²) in [4.78, 5) is 7.71. The lowest BCUT2D eigenvalue weighted by Crippen LogP contribution is -2.22. The molecule has 0 bridgehead atoms. The zero-order valence-electron chi connectivity index (χ0n) is 8.26. The van der Waals surface area contributed by atoms with Crippen LogP contribution >= 0.6 is 0 Å². The first kappa shape index (κ1) is 12.0. The van der Waals surface area contributed by atoms with Gasteiger partial charge < -0.3 is 5.32 Å². The molecular weight excluding hydrogens is 216 g/mol. The lowest BCUT2D eigenvalue weighted by molar-refractivity contribution is 0.590. The summed E-state index contributed by atoms with van der Waals surface area (Å²) in [5, 5.41) is 7.93. The Morgan fingerprint density at radius 1 is 1.33 bits per heavy atom. The molecule has 0 fully saturated rings. The SMILES string of the molecule is NS(=O)(=O)CCCNCc1cncnc1. The van der Waals surface area contributed by atoms with E-state index >= 15 is 0 Å². The fraction of sp³-hybridized carbons (Fsp3) is 0.500. The van der Waals surface area contributed by atoms with Gasteiger partial charge in [0.05, 0.1) is 5.75 Å². The first-order chi connectivity index (χ1) is 7.08. The molecule has 0 atom stereocenters. The summed E-state index contributed by atoms with van der Waals surface area (Å²) in [5.74, 6) is 0.00525. The highest BCUT2D eigenvalue weighted by Gasteiger charge is 2.00. The van der Waals surface area contributed by atoms with E-state index in [1.165, 1.54) is 6.33 Å². The van der Waals surface area contributed by atoms with Crippen LogP contribution in [0, 0.1) is 0 Å². The van der Waals surface area contributed by atoms with Gasteiger partial charge >= 0.3 is 0 Å². The van der Waals surface area contributed by atoms with Crippen LogP contribution in [-0.2, 0) is 16.6 Å². The first-order valence-electron chi connectivity index (χ1n) is 4.53. The molecule has 0 aliphatic carbocycles. The summed E-state index contributed by atoms with van der Waals surface area (Å²) in [6.45, 7) is 1.23. The molecule has 0 saturated heterocycles. The molecule has 1 aromatic heterocycles. The molecule has 3 N–H and O–H groups in total. The number of rotatable bonds is 6. The van der Waals surface area contributed by atoms with E-state index in [2.05, 4.69) is 15.3 Å². The second kappa shape index (κ2) is 5.74. The minimum absolute atomic E-state index is 0.00525. The number of nitrogens with two attached hydrogens (primary N) is 1. The predicted octanol–water partition coefficient (Wildman–Crippen LogP) is -0.755. The second-order valence-electron chi connectivity index (χ2n) is 3.14. The monoisotopic (exact) mass is 230 g/mol. The van der Waals surface area contributed by atoms with E-state index in [0.717, 1.165) is 5.56 Å². The summed E-state index contributed by atoms with van der Waals surface area (Å²) in [6, 6.07) is 0. The van der Waals surface area contributed by atoms with Crippen molar-refractivity contribution in [2.75, 3.05) is 12.3 Å². The minimum Gasteiger partial charge on any atom is -0.313 e. The van der Waals surface area contributed by atoms with Gasteiger partial charge in [-0.1, -0.05) is 0 Å². The molecule has 0 aliphatic rings. The number of nitrogens with zero attached hydrogens (tertiary/aromatic N) is 2. The Morgan fingerprint density at radius 2 is 2.00 bits per heavy atom. The van der Waals surface area contributed by atoms with Gasteiger partial charge in [0.1, 0.15) is 6.33 Å². The summed E-state index contributed by atoms with van der Waals surface area (Å²) >= 11 is 0. The van der Waals surface area contributed by atoms with Crippen LogP contribution in [0.15, 0.2) is 18.7 Å². The van der Waals surface area contributed by atoms with Gasteiger partial charge in [-0.2, -0.15) is 0 Å². The van der Waals surface area contributed by atoms with Crippen LogP contribution in [0.5, 0.6) is 0 Å². The lowest BCUT2D eigenvalue weighted by Gasteiger charge is -2.03. The van der Waals surface area contributed by atoms with Crippen molar-refractivity contribution in [3.8, 4) is 0 Å². The van der Waals surface area contributed by atoms with Crippen LogP contribution in [0.2, 0.25) is 0 Å². The van der Waals surface area contributed by atoms with Gasteiger partial charge in [0.25, 0.3) is 0 Å². The van der Waals surface area contributed by atoms with E-state index in [9.17, 15) is 8.42 Å². The summed E-state index contributed by atoms with van der Waals surface area (Å²) in [5.41, 5.74) is 0.966. The van der Waals surface area contributed by atoms with Crippen LogP contribution in [0.25, 0.3) is 0 Å². The molecule has 1 aromatic rings. The zero-order valence-corrected chi connectivity index (χ0v) is 9.07. The number of hydrogen-bond donors (Lipinski definition) is 2. The molecule has 84 valence electrons. The van der Waals surface area contributed by atoms with Gasteiger partial charge in [0, 0.05) is 24.5 Å². The maximum atomic E-state index is 10.6. The fourth-order valence-electron chi connectivity index (χ4n) is 1.05. The van der Waals surface area contributed by atoms with E-state index in [-0.39, 0.29) is 5.75 Å². The molecule has 7 heteroatoms. The van der Waals surface area contributed by atoms with Gasteiger partial charge in [0.15, 0.2) is 0 Å². The Hall–Kier alpha value is -1.05. The second-order valence-corrected chi connectivity index (χ2v) is 4.88. The molecule has 0 radical (unpaired) electrons. The number of primary sulfonamides is 1. The van der Waals surface area contributed by atoms with Gasteiger partial charge in [-0.25, -0.2) is 23.5 Å². The number of aromatic nitrogens is 2. The highest BCUT2D eigenvalue weighted by molar-refractivity contribution is 7.89. The molecule has 0 aliphatic heterocycles. The first-order valence-corrected chi connectivity index (χ1v) is 6.24. The van der Waals surface area contributed by atoms with Crippen molar-refractivity contribution >= 4 is 10.0 Å². The van der Waals surface area contributed by atoms with E-state index in [1.54, 1.807) is 12.4 Å². The molecule has 15 heavy (non-hydrogen) atoms. The molecule has 0 spiro atoms. The van der Waals surface area contributed by atoms with E-state index in [1.807, 2.05) is 0 Å². The standard InChI is InChI=1S/C8H14N4O2S/c9-15(13,14)3-1-2-10-4-8-5-11-7-12-6-8/h5-7,10H,1-4H2,(H2,9,13,14). The Labute approximate surface area is 89.0 Å². The Balaban J connectivity index is 2.13. The quantitative estimate of drug-likeness (QED) is 0.626. The van der Waals surface area contributed by atoms with Crippen molar-refractivity contribution in [1.29, 1.82) is 0 Å². The fourth-order valence-corrected chi connectivity index (χ4v) is 1.60. The third kappa shape index (κ3) is 6.10. The van der Waals surface area contributed by atoms with Gasteiger partial charge in [-0.3, -0.25) is 0 Å². The Morgan fingerprint density at radius 3 is 2.60 bits per heavy atom. The summed E-state index contributed by atoms with van der Waals surface area (Å²) in [7, 11) is -3.33. The molecule has 0 aromatic carbocycles. The van der Waals surface area contributed by atoms with E-state index in [0.29, 0.717) is 19.5 Å². The largest absolute Gasteiger partial charge is 0.313 e. The summed E-state index contributed by atoms with van der Waals surface area (Å²) in [6.07, 6.45) is 5.39.